The molecule has 0 aromatic heterocycles. The first-order valence-corrected chi connectivity index (χ1v) is 9.01. The summed E-state index contributed by atoms with van der Waals surface area (Å²) in [6, 6.07) is 1.19. The summed E-state index contributed by atoms with van der Waals surface area (Å²) in [7, 11) is 0. The predicted molar refractivity (Wildman–Crippen MR) is 84.3 cm³/mol. The van der Waals surface area contributed by atoms with Gasteiger partial charge in [0.1, 0.15) is 0 Å². The van der Waals surface area contributed by atoms with Crippen LogP contribution in [-0.2, 0) is 9.47 Å². The SMILES string of the molecule is CCCNC1CCC2(CC1N1CCC(CC)C1)OCCO2. The van der Waals surface area contributed by atoms with Gasteiger partial charge in [0.2, 0.25) is 0 Å². The second kappa shape index (κ2) is 6.95. The summed E-state index contributed by atoms with van der Waals surface area (Å²) in [4.78, 5) is 2.72. The highest BCUT2D eigenvalue weighted by atomic mass is 16.7. The van der Waals surface area contributed by atoms with Crippen molar-refractivity contribution in [1.29, 1.82) is 0 Å². The lowest BCUT2D eigenvalue weighted by Crippen LogP contribution is -2.57. The van der Waals surface area contributed by atoms with Gasteiger partial charge in [-0.05, 0) is 38.3 Å². The molecule has 3 atom stereocenters. The summed E-state index contributed by atoms with van der Waals surface area (Å²) >= 11 is 0. The number of ether oxygens (including phenoxy) is 2. The Kier molecular flexibility index (Phi) is 5.20. The minimum atomic E-state index is -0.265. The van der Waals surface area contributed by atoms with Crippen molar-refractivity contribution in [3.05, 3.63) is 0 Å². The molecule has 0 aromatic carbocycles. The highest BCUT2D eigenvalue weighted by molar-refractivity contribution is 4.98. The predicted octanol–water partition coefficient (Wildman–Crippen LogP) is 2.38. The molecule has 2 saturated heterocycles. The van der Waals surface area contributed by atoms with Crippen molar-refractivity contribution in [3.8, 4) is 0 Å². The molecule has 2 aliphatic heterocycles. The molecule has 1 spiro atoms. The van der Waals surface area contributed by atoms with Gasteiger partial charge in [-0.3, -0.25) is 4.90 Å². The fourth-order valence-corrected chi connectivity index (χ4v) is 4.34. The fourth-order valence-electron chi connectivity index (χ4n) is 4.34. The van der Waals surface area contributed by atoms with Gasteiger partial charge in [0.05, 0.1) is 13.2 Å². The molecule has 1 N–H and O–H groups in total. The van der Waals surface area contributed by atoms with Gasteiger partial charge in [0.15, 0.2) is 5.79 Å². The van der Waals surface area contributed by atoms with E-state index in [-0.39, 0.29) is 5.79 Å². The molecule has 3 aliphatic rings. The topological polar surface area (TPSA) is 33.7 Å². The van der Waals surface area contributed by atoms with E-state index in [1.165, 1.54) is 38.8 Å². The van der Waals surface area contributed by atoms with Crippen LogP contribution in [0.2, 0.25) is 0 Å². The molecule has 3 rings (SSSR count). The third-order valence-corrected chi connectivity index (χ3v) is 5.65. The molecule has 1 aliphatic carbocycles. The fraction of sp³-hybridized carbons (Fsp3) is 1.00. The summed E-state index contributed by atoms with van der Waals surface area (Å²) in [5.41, 5.74) is 0. The van der Waals surface area contributed by atoms with Gasteiger partial charge in [0, 0.05) is 31.5 Å². The maximum absolute atomic E-state index is 6.00. The Bertz CT molecular complexity index is 329. The average molecular weight is 296 g/mol. The largest absolute Gasteiger partial charge is 0.347 e. The van der Waals surface area contributed by atoms with Crippen LogP contribution in [0.5, 0.6) is 0 Å². The Morgan fingerprint density at radius 3 is 2.67 bits per heavy atom. The van der Waals surface area contributed by atoms with Gasteiger partial charge >= 0.3 is 0 Å². The van der Waals surface area contributed by atoms with Crippen LogP contribution in [0, 0.1) is 5.92 Å². The second-order valence-electron chi connectivity index (χ2n) is 7.04. The van der Waals surface area contributed by atoms with Crippen molar-refractivity contribution in [3.63, 3.8) is 0 Å². The minimum Gasteiger partial charge on any atom is -0.347 e. The van der Waals surface area contributed by atoms with Gasteiger partial charge < -0.3 is 14.8 Å². The van der Waals surface area contributed by atoms with E-state index in [0.717, 1.165) is 38.5 Å². The monoisotopic (exact) mass is 296 g/mol. The molecule has 4 nitrogen and oxygen atoms in total. The zero-order chi connectivity index (χ0) is 14.7. The average Bonchev–Trinajstić information content (AvgIpc) is 3.15. The van der Waals surface area contributed by atoms with Crippen molar-refractivity contribution < 1.29 is 9.47 Å². The first kappa shape index (κ1) is 15.7. The van der Waals surface area contributed by atoms with Crippen molar-refractivity contribution in [1.82, 2.24) is 10.2 Å². The highest BCUT2D eigenvalue weighted by Gasteiger charge is 2.47. The van der Waals surface area contributed by atoms with Crippen molar-refractivity contribution in [2.75, 3.05) is 32.8 Å². The lowest BCUT2D eigenvalue weighted by atomic mass is 9.84. The Morgan fingerprint density at radius 2 is 2.00 bits per heavy atom. The molecule has 122 valence electrons. The van der Waals surface area contributed by atoms with Gasteiger partial charge in [0.25, 0.3) is 0 Å². The Balaban J connectivity index is 1.67. The molecule has 0 aromatic rings. The van der Waals surface area contributed by atoms with Crippen LogP contribution in [0.3, 0.4) is 0 Å². The third kappa shape index (κ3) is 3.44. The molecular weight excluding hydrogens is 264 g/mol. The van der Waals surface area contributed by atoms with Gasteiger partial charge in [-0.15, -0.1) is 0 Å². The second-order valence-corrected chi connectivity index (χ2v) is 7.04. The quantitative estimate of drug-likeness (QED) is 0.844. The van der Waals surface area contributed by atoms with Crippen LogP contribution >= 0.6 is 0 Å². The highest BCUT2D eigenvalue weighted by Crippen LogP contribution is 2.39. The summed E-state index contributed by atoms with van der Waals surface area (Å²) in [5, 5.41) is 3.78. The number of hydrogen-bond donors (Lipinski definition) is 1. The van der Waals surface area contributed by atoms with Crippen LogP contribution in [0.15, 0.2) is 0 Å². The number of likely N-dealkylation sites (tertiary alicyclic amines) is 1. The van der Waals surface area contributed by atoms with E-state index in [4.69, 9.17) is 9.47 Å². The maximum Gasteiger partial charge on any atom is 0.170 e. The molecule has 3 fully saturated rings. The Labute approximate surface area is 129 Å². The Hall–Kier alpha value is -0.160. The first-order chi connectivity index (χ1) is 10.3. The third-order valence-electron chi connectivity index (χ3n) is 5.65. The zero-order valence-electron chi connectivity index (χ0n) is 13.8. The number of rotatable bonds is 5. The van der Waals surface area contributed by atoms with E-state index in [1.54, 1.807) is 0 Å². The standard InChI is InChI=1S/C17H32N2O2/c1-3-8-18-15-5-7-17(20-10-11-21-17)12-16(15)19-9-6-14(4-2)13-19/h14-16,18H,3-13H2,1-2H3. The van der Waals surface area contributed by atoms with E-state index in [1.807, 2.05) is 0 Å². The van der Waals surface area contributed by atoms with Crippen molar-refractivity contribution in [2.24, 2.45) is 5.92 Å². The molecule has 0 amide bonds. The lowest BCUT2D eigenvalue weighted by molar-refractivity contribution is -0.192. The van der Waals surface area contributed by atoms with Crippen LogP contribution < -0.4 is 5.32 Å². The molecule has 3 unspecified atom stereocenters. The summed E-state index contributed by atoms with van der Waals surface area (Å²) < 4.78 is 12.0. The molecule has 4 heteroatoms. The zero-order valence-corrected chi connectivity index (χ0v) is 13.8. The molecule has 2 heterocycles. The maximum atomic E-state index is 6.00. The van der Waals surface area contributed by atoms with Crippen LogP contribution in [0.4, 0.5) is 0 Å². The van der Waals surface area contributed by atoms with E-state index in [2.05, 4.69) is 24.1 Å². The smallest absolute Gasteiger partial charge is 0.170 e. The summed E-state index contributed by atoms with van der Waals surface area (Å²) in [6.45, 7) is 9.77. The van der Waals surface area contributed by atoms with E-state index < -0.39 is 0 Å². The van der Waals surface area contributed by atoms with Gasteiger partial charge in [-0.25, -0.2) is 0 Å². The Morgan fingerprint density at radius 1 is 1.19 bits per heavy atom. The molecular formula is C17H32N2O2. The number of nitrogens with zero attached hydrogens (tertiary/aromatic N) is 1. The van der Waals surface area contributed by atoms with E-state index >= 15 is 0 Å². The first-order valence-electron chi connectivity index (χ1n) is 9.01. The minimum absolute atomic E-state index is 0.265. The van der Waals surface area contributed by atoms with Crippen molar-refractivity contribution in [2.45, 2.75) is 70.2 Å². The normalized spacial score (nSPS) is 36.6. The van der Waals surface area contributed by atoms with Crippen LogP contribution in [0.25, 0.3) is 0 Å². The van der Waals surface area contributed by atoms with Crippen LogP contribution in [0.1, 0.15) is 52.4 Å². The number of nitrogens with one attached hydrogen (secondary N) is 1. The lowest BCUT2D eigenvalue weighted by Gasteiger charge is -2.45. The van der Waals surface area contributed by atoms with Gasteiger partial charge in [-0.2, -0.15) is 0 Å². The molecule has 21 heavy (non-hydrogen) atoms. The van der Waals surface area contributed by atoms with E-state index in [9.17, 15) is 0 Å². The van der Waals surface area contributed by atoms with Crippen molar-refractivity contribution >= 4 is 0 Å². The molecule has 0 radical (unpaired) electrons. The van der Waals surface area contributed by atoms with E-state index in [0.29, 0.717) is 12.1 Å². The molecule has 1 saturated carbocycles. The van der Waals surface area contributed by atoms with Gasteiger partial charge in [-0.1, -0.05) is 20.3 Å². The summed E-state index contributed by atoms with van der Waals surface area (Å²) in [6.07, 6.45) is 7.16. The number of hydrogen-bond acceptors (Lipinski definition) is 4. The summed E-state index contributed by atoms with van der Waals surface area (Å²) in [5.74, 6) is 0.624. The molecule has 0 bridgehead atoms. The van der Waals surface area contributed by atoms with Crippen LogP contribution in [-0.4, -0.2) is 55.6 Å².